The van der Waals surface area contributed by atoms with E-state index in [0.29, 0.717) is 43.5 Å². The summed E-state index contributed by atoms with van der Waals surface area (Å²) in [6.07, 6.45) is 0.606. The van der Waals surface area contributed by atoms with Crippen molar-refractivity contribution in [2.24, 2.45) is 0 Å². The zero-order chi connectivity index (χ0) is 28.7. The Balaban J connectivity index is 0.00000462. The topological polar surface area (TPSA) is 65.6 Å². The molecule has 0 bridgehead atoms. The molecule has 0 N–H and O–H groups in total. The Kier molecular flexibility index (Phi) is 12.1. The molecule has 2 heterocycles. The molecule has 2 fully saturated rings. The molecule has 11 heteroatoms. The molecule has 0 aromatic heterocycles. The van der Waals surface area contributed by atoms with Crippen molar-refractivity contribution in [2.75, 3.05) is 59.0 Å². The summed E-state index contributed by atoms with van der Waals surface area (Å²) in [4.78, 5) is 33.9. The van der Waals surface area contributed by atoms with Crippen LogP contribution in [0.15, 0.2) is 48.5 Å². The van der Waals surface area contributed by atoms with Crippen LogP contribution in [-0.4, -0.2) is 102 Å². The first-order valence-electron chi connectivity index (χ1n) is 13.9. The summed E-state index contributed by atoms with van der Waals surface area (Å²) >= 11 is 5.94. The normalized spacial score (nSPS) is 18.5. The number of piperazine rings is 2. The fourth-order valence-corrected chi connectivity index (χ4v) is 5.13. The molecular formula is C30H41Cl2FN4O4. The molecule has 0 aliphatic carbocycles. The number of nitrogens with zero attached hydrogens (tertiary/aromatic N) is 4. The van der Waals surface area contributed by atoms with E-state index in [-0.39, 0.29) is 42.9 Å². The van der Waals surface area contributed by atoms with Gasteiger partial charge in [0.2, 0.25) is 0 Å². The van der Waals surface area contributed by atoms with Gasteiger partial charge in [0.15, 0.2) is 6.61 Å². The molecule has 2 aromatic rings. The highest BCUT2D eigenvalue weighted by atomic mass is 35.5. The Morgan fingerprint density at radius 1 is 0.927 bits per heavy atom. The van der Waals surface area contributed by atoms with E-state index >= 15 is 0 Å². The van der Waals surface area contributed by atoms with Gasteiger partial charge in [-0.05, 0) is 75.7 Å². The number of hydrogen-bond acceptors (Lipinski definition) is 6. The van der Waals surface area contributed by atoms with Crippen molar-refractivity contribution in [3.63, 3.8) is 0 Å². The van der Waals surface area contributed by atoms with Crippen molar-refractivity contribution in [1.82, 2.24) is 19.6 Å². The Morgan fingerprint density at radius 2 is 1.56 bits per heavy atom. The fourth-order valence-electron chi connectivity index (χ4n) is 5.01. The molecule has 0 spiro atoms. The van der Waals surface area contributed by atoms with Crippen LogP contribution < -0.4 is 4.74 Å². The van der Waals surface area contributed by atoms with Crippen LogP contribution in [0.4, 0.5) is 9.18 Å². The van der Waals surface area contributed by atoms with Gasteiger partial charge in [0.1, 0.15) is 17.2 Å². The third-order valence-electron chi connectivity index (χ3n) is 7.23. The van der Waals surface area contributed by atoms with Gasteiger partial charge in [0.05, 0.1) is 0 Å². The van der Waals surface area contributed by atoms with Gasteiger partial charge in [0, 0.05) is 63.4 Å². The maximum atomic E-state index is 13.5. The van der Waals surface area contributed by atoms with E-state index in [4.69, 9.17) is 21.1 Å². The Bertz CT molecular complexity index is 1120. The summed E-state index contributed by atoms with van der Waals surface area (Å²) in [5.74, 6) is 0.309. The molecule has 1 unspecified atom stereocenters. The van der Waals surface area contributed by atoms with Gasteiger partial charge in [-0.1, -0.05) is 23.7 Å². The van der Waals surface area contributed by atoms with Crippen LogP contribution in [0, 0.1) is 5.82 Å². The molecule has 0 saturated carbocycles. The Labute approximate surface area is 253 Å². The summed E-state index contributed by atoms with van der Waals surface area (Å²) < 4.78 is 24.7. The number of ether oxygens (including phenoxy) is 2. The predicted molar refractivity (Wildman–Crippen MR) is 160 cm³/mol. The van der Waals surface area contributed by atoms with Crippen molar-refractivity contribution >= 4 is 36.0 Å². The highest BCUT2D eigenvalue weighted by Crippen LogP contribution is 2.20. The quantitative estimate of drug-likeness (QED) is 0.422. The minimum absolute atomic E-state index is 0. The number of amides is 2. The molecule has 2 aliphatic heterocycles. The van der Waals surface area contributed by atoms with Crippen LogP contribution in [0.1, 0.15) is 32.8 Å². The van der Waals surface area contributed by atoms with Crippen molar-refractivity contribution < 1.29 is 23.5 Å². The van der Waals surface area contributed by atoms with Gasteiger partial charge >= 0.3 is 6.09 Å². The maximum Gasteiger partial charge on any atom is 0.410 e. The molecule has 41 heavy (non-hydrogen) atoms. The van der Waals surface area contributed by atoms with Crippen LogP contribution in [0.3, 0.4) is 0 Å². The van der Waals surface area contributed by atoms with E-state index < -0.39 is 5.60 Å². The van der Waals surface area contributed by atoms with Crippen molar-refractivity contribution in [3.05, 3.63) is 64.9 Å². The molecule has 0 radical (unpaired) electrons. The van der Waals surface area contributed by atoms with Gasteiger partial charge in [0.25, 0.3) is 5.91 Å². The zero-order valence-electron chi connectivity index (χ0n) is 24.1. The average Bonchev–Trinajstić information content (AvgIpc) is 2.92. The summed E-state index contributed by atoms with van der Waals surface area (Å²) in [6.45, 7) is 11.9. The van der Waals surface area contributed by atoms with Gasteiger partial charge in [-0.3, -0.25) is 14.6 Å². The first-order chi connectivity index (χ1) is 19.1. The number of hydrogen-bond donors (Lipinski definition) is 0. The Hall–Kier alpha value is -2.59. The third-order valence-corrected chi connectivity index (χ3v) is 7.49. The van der Waals surface area contributed by atoms with E-state index in [0.717, 1.165) is 38.2 Å². The second-order valence-corrected chi connectivity index (χ2v) is 11.9. The average molecular weight is 612 g/mol. The van der Waals surface area contributed by atoms with Crippen LogP contribution in [0.5, 0.6) is 5.75 Å². The summed E-state index contributed by atoms with van der Waals surface area (Å²) in [5, 5.41) is 0.616. The lowest BCUT2D eigenvalue weighted by atomic mass is 10.1. The number of carbonyl (C=O) groups excluding carboxylic acids is 2. The standard InChI is InChI=1S/C30H40ClFN4O4.ClH/c1-30(2,3)40-29(38)34-16-14-33(15-17-34)13-12-26-21-36(28(37)22-39-27-10-6-24(31)7-11-27)19-18-35(26)20-23-4-8-25(32)9-5-23;/h4-11,26H,12-22H2,1-3H3;1H. The second-order valence-electron chi connectivity index (χ2n) is 11.4. The van der Waals surface area contributed by atoms with E-state index in [9.17, 15) is 14.0 Å². The first-order valence-corrected chi connectivity index (χ1v) is 14.3. The Morgan fingerprint density at radius 3 is 2.20 bits per heavy atom. The van der Waals surface area contributed by atoms with Crippen LogP contribution in [0.2, 0.25) is 5.02 Å². The fraction of sp³-hybridized carbons (Fsp3) is 0.533. The minimum atomic E-state index is -0.508. The third kappa shape index (κ3) is 10.3. The maximum absolute atomic E-state index is 13.5. The largest absolute Gasteiger partial charge is 0.484 e. The highest BCUT2D eigenvalue weighted by Gasteiger charge is 2.31. The van der Waals surface area contributed by atoms with Crippen LogP contribution >= 0.6 is 24.0 Å². The summed E-state index contributed by atoms with van der Waals surface area (Å²) in [6, 6.07) is 13.7. The van der Waals surface area contributed by atoms with E-state index in [1.165, 1.54) is 12.1 Å². The predicted octanol–water partition coefficient (Wildman–Crippen LogP) is 4.94. The van der Waals surface area contributed by atoms with Crippen LogP contribution in [-0.2, 0) is 16.1 Å². The number of carbonyl (C=O) groups is 2. The SMILES string of the molecule is CC(C)(C)OC(=O)N1CCN(CCC2CN(C(=O)COc3ccc(Cl)cc3)CCN2Cc2ccc(F)cc2)CC1.Cl. The van der Waals surface area contributed by atoms with Gasteiger partial charge in [-0.25, -0.2) is 9.18 Å². The molecule has 2 amide bonds. The molecule has 2 aromatic carbocycles. The molecule has 1 atom stereocenters. The van der Waals surface area contributed by atoms with Crippen molar-refractivity contribution in [3.8, 4) is 5.75 Å². The van der Waals surface area contributed by atoms with Crippen molar-refractivity contribution in [2.45, 2.75) is 45.4 Å². The lowest BCUT2D eigenvalue weighted by Gasteiger charge is -2.43. The van der Waals surface area contributed by atoms with E-state index in [1.54, 1.807) is 29.2 Å². The van der Waals surface area contributed by atoms with E-state index in [1.807, 2.05) is 37.8 Å². The number of benzene rings is 2. The highest BCUT2D eigenvalue weighted by molar-refractivity contribution is 6.30. The monoisotopic (exact) mass is 610 g/mol. The van der Waals surface area contributed by atoms with Gasteiger partial charge < -0.3 is 19.3 Å². The van der Waals surface area contributed by atoms with Crippen molar-refractivity contribution in [1.29, 1.82) is 0 Å². The minimum Gasteiger partial charge on any atom is -0.484 e. The summed E-state index contributed by atoms with van der Waals surface area (Å²) in [7, 11) is 0. The summed E-state index contributed by atoms with van der Waals surface area (Å²) in [5.41, 5.74) is 0.537. The van der Waals surface area contributed by atoms with E-state index in [2.05, 4.69) is 9.80 Å². The first kappa shape index (κ1) is 32.9. The van der Waals surface area contributed by atoms with Gasteiger partial charge in [-0.15, -0.1) is 12.4 Å². The zero-order valence-corrected chi connectivity index (χ0v) is 25.6. The number of rotatable bonds is 8. The molecular weight excluding hydrogens is 570 g/mol. The lowest BCUT2D eigenvalue weighted by molar-refractivity contribution is -0.136. The second kappa shape index (κ2) is 15.0. The van der Waals surface area contributed by atoms with Gasteiger partial charge in [-0.2, -0.15) is 0 Å². The number of halogens is 3. The van der Waals surface area contributed by atoms with Crippen LogP contribution in [0.25, 0.3) is 0 Å². The molecule has 226 valence electrons. The molecule has 4 rings (SSSR count). The molecule has 2 aliphatic rings. The lowest BCUT2D eigenvalue weighted by Crippen LogP contribution is -2.56. The molecule has 2 saturated heterocycles. The molecule has 8 nitrogen and oxygen atoms in total. The smallest absolute Gasteiger partial charge is 0.410 e.